The molecule has 0 heterocycles. The first kappa shape index (κ1) is 15.8. The fourth-order valence-corrected chi connectivity index (χ4v) is 2.51. The van der Waals surface area contributed by atoms with Gasteiger partial charge < -0.3 is 11.1 Å². The van der Waals surface area contributed by atoms with Gasteiger partial charge in [0.25, 0.3) is 5.91 Å². The number of amides is 1. The fourth-order valence-electron chi connectivity index (χ4n) is 1.78. The lowest BCUT2D eigenvalue weighted by Crippen LogP contribution is -2.16. The van der Waals surface area contributed by atoms with E-state index in [2.05, 4.69) is 27.9 Å². The fraction of sp³-hybridized carbons (Fsp3) is 0.0667. The van der Waals surface area contributed by atoms with Crippen LogP contribution in [0.4, 0.5) is 10.1 Å². The van der Waals surface area contributed by atoms with Gasteiger partial charge in [-0.1, -0.05) is 24.4 Å². The maximum atomic E-state index is 13.9. The van der Waals surface area contributed by atoms with Crippen LogP contribution in [-0.2, 0) is 0 Å². The van der Waals surface area contributed by atoms with E-state index < -0.39 is 5.82 Å². The van der Waals surface area contributed by atoms with Gasteiger partial charge in [0, 0.05) is 9.13 Å². The summed E-state index contributed by atoms with van der Waals surface area (Å²) >= 11 is 6.88. The minimum absolute atomic E-state index is 0.0947. The van der Waals surface area contributed by atoms with Gasteiger partial charge in [-0.2, -0.15) is 0 Å². The average molecular weight is 414 g/mol. The summed E-state index contributed by atoms with van der Waals surface area (Å²) < 4.78 is 14.8. The predicted molar refractivity (Wildman–Crippen MR) is 94.1 cm³/mol. The molecule has 0 aromatic heterocycles. The number of rotatable bonds is 3. The number of aryl methyl sites for hydroxylation is 1. The number of halogens is 2. The summed E-state index contributed by atoms with van der Waals surface area (Å²) in [6, 6.07) is 9.63. The van der Waals surface area contributed by atoms with E-state index in [0.29, 0.717) is 11.1 Å². The molecule has 0 fully saturated rings. The molecule has 6 heteroatoms. The number of carbonyl (C=O) groups is 1. The van der Waals surface area contributed by atoms with Gasteiger partial charge in [0.2, 0.25) is 0 Å². The Morgan fingerprint density at radius 3 is 2.67 bits per heavy atom. The van der Waals surface area contributed by atoms with Crippen molar-refractivity contribution in [2.24, 2.45) is 5.73 Å². The van der Waals surface area contributed by atoms with E-state index in [4.69, 9.17) is 18.0 Å². The Balaban J connectivity index is 2.28. The highest BCUT2D eigenvalue weighted by Gasteiger charge is 2.14. The van der Waals surface area contributed by atoms with Crippen molar-refractivity contribution in [2.75, 3.05) is 5.32 Å². The lowest BCUT2D eigenvalue weighted by molar-refractivity contribution is 0.102. The van der Waals surface area contributed by atoms with Gasteiger partial charge >= 0.3 is 0 Å². The van der Waals surface area contributed by atoms with E-state index in [1.54, 1.807) is 18.2 Å². The number of carbonyl (C=O) groups excluding carboxylic acids is 1. The van der Waals surface area contributed by atoms with Gasteiger partial charge in [0.05, 0.1) is 11.3 Å². The molecule has 21 heavy (non-hydrogen) atoms. The van der Waals surface area contributed by atoms with Crippen LogP contribution in [0.25, 0.3) is 0 Å². The summed E-state index contributed by atoms with van der Waals surface area (Å²) in [6.45, 7) is 1.91. The number of nitrogens with one attached hydrogen (secondary N) is 1. The van der Waals surface area contributed by atoms with Crippen molar-refractivity contribution >= 4 is 51.4 Å². The van der Waals surface area contributed by atoms with Crippen LogP contribution in [0.15, 0.2) is 36.4 Å². The number of nitrogens with two attached hydrogens (primary N) is 1. The highest BCUT2D eigenvalue weighted by molar-refractivity contribution is 14.1. The molecule has 0 saturated carbocycles. The zero-order valence-electron chi connectivity index (χ0n) is 11.1. The second kappa shape index (κ2) is 6.48. The first-order valence-electron chi connectivity index (χ1n) is 6.06. The monoisotopic (exact) mass is 414 g/mol. The van der Waals surface area contributed by atoms with Crippen LogP contribution >= 0.6 is 34.8 Å². The van der Waals surface area contributed by atoms with Crippen LogP contribution in [0.1, 0.15) is 21.5 Å². The summed E-state index contributed by atoms with van der Waals surface area (Å²) in [5, 5.41) is 2.56. The van der Waals surface area contributed by atoms with E-state index in [1.807, 2.05) is 13.0 Å². The Kier molecular flexibility index (Phi) is 4.89. The molecule has 0 unspecified atom stereocenters. The maximum Gasteiger partial charge on any atom is 0.256 e. The molecular formula is C15H12FIN2OS. The zero-order chi connectivity index (χ0) is 15.6. The standard InChI is InChI=1S/C15H12FIN2OS/c1-8-3-2-4-10(13(8)17)15(20)19-12-6-5-9(14(18)21)7-11(12)16/h2-7H,1H3,(H2,18,21)(H,19,20). The largest absolute Gasteiger partial charge is 0.389 e. The number of benzene rings is 2. The molecule has 2 aromatic carbocycles. The molecule has 0 bridgehead atoms. The third-order valence-corrected chi connectivity index (χ3v) is 4.61. The SMILES string of the molecule is Cc1cccc(C(=O)Nc2ccc(C(N)=S)cc2F)c1I. The molecule has 0 aliphatic rings. The highest BCUT2D eigenvalue weighted by atomic mass is 127. The zero-order valence-corrected chi connectivity index (χ0v) is 14.1. The molecule has 1 amide bonds. The Labute approximate surface area is 140 Å². The van der Waals surface area contributed by atoms with Crippen molar-refractivity contribution in [2.45, 2.75) is 6.92 Å². The van der Waals surface area contributed by atoms with Crippen LogP contribution in [0, 0.1) is 16.3 Å². The van der Waals surface area contributed by atoms with Crippen molar-refractivity contribution in [1.29, 1.82) is 0 Å². The van der Waals surface area contributed by atoms with Gasteiger partial charge in [-0.25, -0.2) is 4.39 Å². The average Bonchev–Trinajstić information content (AvgIpc) is 2.43. The highest BCUT2D eigenvalue weighted by Crippen LogP contribution is 2.20. The number of hydrogen-bond acceptors (Lipinski definition) is 2. The van der Waals surface area contributed by atoms with Crippen molar-refractivity contribution in [3.8, 4) is 0 Å². The Morgan fingerprint density at radius 2 is 2.05 bits per heavy atom. The molecule has 0 aliphatic heterocycles. The molecule has 3 N–H and O–H groups in total. The number of anilines is 1. The number of hydrogen-bond donors (Lipinski definition) is 2. The van der Waals surface area contributed by atoms with Gasteiger partial charge in [-0.05, 0) is 59.3 Å². The molecule has 2 rings (SSSR count). The normalized spacial score (nSPS) is 10.2. The Hall–Kier alpha value is -1.54. The maximum absolute atomic E-state index is 13.9. The summed E-state index contributed by atoms with van der Waals surface area (Å²) in [7, 11) is 0. The van der Waals surface area contributed by atoms with Crippen molar-refractivity contribution in [3.05, 3.63) is 62.5 Å². The Morgan fingerprint density at radius 1 is 1.33 bits per heavy atom. The topological polar surface area (TPSA) is 55.1 Å². The van der Waals surface area contributed by atoms with Crippen LogP contribution in [0.3, 0.4) is 0 Å². The van der Waals surface area contributed by atoms with E-state index in [-0.39, 0.29) is 16.6 Å². The molecule has 0 spiro atoms. The van der Waals surface area contributed by atoms with E-state index in [0.717, 1.165) is 9.13 Å². The van der Waals surface area contributed by atoms with E-state index in [1.165, 1.54) is 12.1 Å². The summed E-state index contributed by atoms with van der Waals surface area (Å²) in [5.74, 6) is -0.929. The molecule has 0 radical (unpaired) electrons. The first-order valence-corrected chi connectivity index (χ1v) is 7.54. The van der Waals surface area contributed by atoms with Crippen molar-refractivity contribution < 1.29 is 9.18 Å². The van der Waals surface area contributed by atoms with Gasteiger partial charge in [0.15, 0.2) is 0 Å². The van der Waals surface area contributed by atoms with Crippen LogP contribution in [0.2, 0.25) is 0 Å². The van der Waals surface area contributed by atoms with Crippen LogP contribution < -0.4 is 11.1 Å². The van der Waals surface area contributed by atoms with E-state index >= 15 is 0 Å². The lowest BCUT2D eigenvalue weighted by atomic mass is 10.1. The molecule has 0 atom stereocenters. The second-order valence-corrected chi connectivity index (χ2v) is 5.97. The summed E-state index contributed by atoms with van der Waals surface area (Å²) in [4.78, 5) is 12.3. The van der Waals surface area contributed by atoms with Crippen LogP contribution in [0.5, 0.6) is 0 Å². The second-order valence-electron chi connectivity index (χ2n) is 4.45. The van der Waals surface area contributed by atoms with Gasteiger partial charge in [-0.15, -0.1) is 0 Å². The van der Waals surface area contributed by atoms with E-state index in [9.17, 15) is 9.18 Å². The quantitative estimate of drug-likeness (QED) is 0.596. The molecule has 108 valence electrons. The smallest absolute Gasteiger partial charge is 0.256 e. The predicted octanol–water partition coefficient (Wildman–Crippen LogP) is 3.63. The lowest BCUT2D eigenvalue weighted by Gasteiger charge is -2.10. The molecule has 0 aliphatic carbocycles. The minimum Gasteiger partial charge on any atom is -0.389 e. The molecular weight excluding hydrogens is 402 g/mol. The third kappa shape index (κ3) is 3.56. The first-order chi connectivity index (χ1) is 9.90. The van der Waals surface area contributed by atoms with Gasteiger partial charge in [-0.3, -0.25) is 4.79 Å². The van der Waals surface area contributed by atoms with Crippen LogP contribution in [-0.4, -0.2) is 10.9 Å². The Bertz CT molecular complexity index is 734. The summed E-state index contributed by atoms with van der Waals surface area (Å²) in [5.41, 5.74) is 7.46. The molecule has 0 saturated heterocycles. The van der Waals surface area contributed by atoms with Crippen molar-refractivity contribution in [3.63, 3.8) is 0 Å². The minimum atomic E-state index is -0.573. The van der Waals surface area contributed by atoms with Gasteiger partial charge in [0.1, 0.15) is 10.8 Å². The molecule has 2 aromatic rings. The number of thiocarbonyl (C=S) groups is 1. The summed E-state index contributed by atoms with van der Waals surface area (Å²) in [6.07, 6.45) is 0. The van der Waals surface area contributed by atoms with Crippen molar-refractivity contribution in [1.82, 2.24) is 0 Å². The molecule has 3 nitrogen and oxygen atoms in total. The third-order valence-electron chi connectivity index (χ3n) is 2.94.